The Morgan fingerprint density at radius 1 is 1.27 bits per heavy atom. The van der Waals surface area contributed by atoms with E-state index in [-0.39, 0.29) is 5.91 Å². The molecule has 0 saturated heterocycles. The van der Waals surface area contributed by atoms with Gasteiger partial charge in [0.1, 0.15) is 0 Å². The third-order valence-electron chi connectivity index (χ3n) is 2.41. The number of nitrogens with one attached hydrogen (secondary N) is 1. The summed E-state index contributed by atoms with van der Waals surface area (Å²) in [5, 5.41) is 0. The summed E-state index contributed by atoms with van der Waals surface area (Å²) >= 11 is 2.92. The summed E-state index contributed by atoms with van der Waals surface area (Å²) in [7, 11) is 0. The number of carbonyl (C=O) groups is 1. The first-order chi connectivity index (χ1) is 7.26. The van der Waals surface area contributed by atoms with Gasteiger partial charge in [-0.2, -0.15) is 0 Å². The van der Waals surface area contributed by atoms with Crippen LogP contribution in [0.25, 0.3) is 0 Å². The molecule has 3 heteroatoms. The third-order valence-corrected chi connectivity index (χ3v) is 2.85. The zero-order valence-corrected chi connectivity index (χ0v) is 10.5. The van der Waals surface area contributed by atoms with Crippen molar-refractivity contribution in [2.45, 2.75) is 32.6 Å². The summed E-state index contributed by atoms with van der Waals surface area (Å²) in [6, 6.07) is 8.59. The van der Waals surface area contributed by atoms with E-state index < -0.39 is 0 Å². The summed E-state index contributed by atoms with van der Waals surface area (Å²) in [6.45, 7) is 2.15. The van der Waals surface area contributed by atoms with Crippen LogP contribution < -0.4 is 4.34 Å². The van der Waals surface area contributed by atoms with E-state index in [4.69, 9.17) is 0 Å². The van der Waals surface area contributed by atoms with Gasteiger partial charge in [-0.25, -0.2) is 0 Å². The average molecular weight is 270 g/mol. The van der Waals surface area contributed by atoms with Gasteiger partial charge in [-0.3, -0.25) is 9.14 Å². The Balaban J connectivity index is 2.34. The molecular weight excluding hydrogens is 254 g/mol. The Hall–Kier alpha value is -0.830. The van der Waals surface area contributed by atoms with Crippen molar-refractivity contribution < 1.29 is 4.79 Å². The molecule has 1 aromatic rings. The predicted molar refractivity (Wildman–Crippen MR) is 65.8 cm³/mol. The average Bonchev–Trinajstić information content (AvgIpc) is 2.29. The first-order valence-corrected chi connectivity index (χ1v) is 6.03. The van der Waals surface area contributed by atoms with Crippen molar-refractivity contribution >= 4 is 22.1 Å². The highest BCUT2D eigenvalue weighted by Gasteiger charge is 1.99. The monoisotopic (exact) mass is 269 g/mol. The van der Waals surface area contributed by atoms with Gasteiger partial charge in [0.2, 0.25) is 5.91 Å². The molecule has 0 aliphatic carbocycles. The Bertz CT molecular complexity index is 308. The Morgan fingerprint density at radius 2 is 1.87 bits per heavy atom. The molecule has 0 bridgehead atoms. The number of benzene rings is 1. The Labute approximate surface area is 99.4 Å². The van der Waals surface area contributed by atoms with E-state index in [1.807, 2.05) is 0 Å². The lowest BCUT2D eigenvalue weighted by Gasteiger charge is -2.02. The summed E-state index contributed by atoms with van der Waals surface area (Å²) in [4.78, 5) is 10.9. The first kappa shape index (κ1) is 12.2. The number of amides is 1. The number of hydrogen-bond acceptors (Lipinski definition) is 1. The maximum Gasteiger partial charge on any atom is 0.229 e. The largest absolute Gasteiger partial charge is 0.293 e. The van der Waals surface area contributed by atoms with Crippen LogP contribution >= 0.6 is 16.1 Å². The summed E-state index contributed by atoms with van der Waals surface area (Å²) in [6.07, 6.45) is 3.50. The van der Waals surface area contributed by atoms with Crippen molar-refractivity contribution in [3.05, 3.63) is 35.4 Å². The Morgan fingerprint density at radius 3 is 2.40 bits per heavy atom. The van der Waals surface area contributed by atoms with Gasteiger partial charge in [0.25, 0.3) is 0 Å². The maximum atomic E-state index is 10.9. The van der Waals surface area contributed by atoms with Crippen LogP contribution in [0.15, 0.2) is 24.3 Å². The molecule has 2 nitrogen and oxygen atoms in total. The second kappa shape index (κ2) is 6.62. The Kier molecular flexibility index (Phi) is 5.40. The summed E-state index contributed by atoms with van der Waals surface area (Å²) in [5.41, 5.74) is 2.66. The van der Waals surface area contributed by atoms with Crippen LogP contribution in [0, 0.1) is 0 Å². The molecule has 0 aliphatic rings. The van der Waals surface area contributed by atoms with Gasteiger partial charge < -0.3 is 0 Å². The van der Waals surface area contributed by atoms with Crippen molar-refractivity contribution in [1.82, 2.24) is 4.34 Å². The van der Waals surface area contributed by atoms with E-state index in [1.165, 1.54) is 11.1 Å². The van der Waals surface area contributed by atoms with E-state index in [1.54, 1.807) is 0 Å². The first-order valence-electron chi connectivity index (χ1n) is 5.23. The van der Waals surface area contributed by atoms with Crippen LogP contribution in [0.3, 0.4) is 0 Å². The van der Waals surface area contributed by atoms with Crippen LogP contribution in [0.1, 0.15) is 30.9 Å². The summed E-state index contributed by atoms with van der Waals surface area (Å²) < 4.78 is 2.44. The van der Waals surface area contributed by atoms with Gasteiger partial charge in [0, 0.05) is 22.6 Å². The molecule has 0 atom stereocenters. The van der Waals surface area contributed by atoms with Gasteiger partial charge >= 0.3 is 0 Å². The minimum atomic E-state index is 0.0418. The second-order valence-corrected chi connectivity index (χ2v) is 3.94. The lowest BCUT2D eigenvalue weighted by molar-refractivity contribution is -0.119. The molecule has 0 aliphatic heterocycles. The van der Waals surface area contributed by atoms with Crippen LogP contribution in [-0.4, -0.2) is 5.91 Å². The van der Waals surface area contributed by atoms with Crippen molar-refractivity contribution in [2.24, 2.45) is 0 Å². The molecule has 1 aromatic carbocycles. The number of hydrogen-bond donors (Lipinski definition) is 1. The fourth-order valence-corrected chi connectivity index (χ4v) is 1.64. The quantitative estimate of drug-likeness (QED) is 0.819. The maximum absolute atomic E-state index is 10.9. The molecule has 0 saturated carbocycles. The standard InChI is InChI=1S/C12H16BrNO/c1-2-10-6-8-11(9-7-10)4-3-5-12(15)14-13/h6-9H,2-5H2,1H3,(H,14,15). The SMILES string of the molecule is CCc1ccc(CCCC(=O)NBr)cc1. The van der Waals surface area contributed by atoms with E-state index in [0.717, 1.165) is 19.3 Å². The van der Waals surface area contributed by atoms with Gasteiger partial charge in [-0.15, -0.1) is 0 Å². The summed E-state index contributed by atoms with van der Waals surface area (Å²) in [5.74, 6) is 0.0418. The van der Waals surface area contributed by atoms with E-state index in [0.29, 0.717) is 6.42 Å². The zero-order chi connectivity index (χ0) is 11.1. The minimum absolute atomic E-state index is 0.0418. The molecule has 1 rings (SSSR count). The van der Waals surface area contributed by atoms with E-state index in [2.05, 4.69) is 51.7 Å². The van der Waals surface area contributed by atoms with Crippen molar-refractivity contribution in [3.8, 4) is 0 Å². The van der Waals surface area contributed by atoms with Crippen LogP contribution in [-0.2, 0) is 17.6 Å². The van der Waals surface area contributed by atoms with Gasteiger partial charge in [-0.1, -0.05) is 31.2 Å². The van der Waals surface area contributed by atoms with Crippen LogP contribution in [0.2, 0.25) is 0 Å². The number of carbonyl (C=O) groups excluding carboxylic acids is 1. The normalized spacial score (nSPS) is 10.0. The molecule has 0 spiro atoms. The molecule has 0 unspecified atom stereocenters. The zero-order valence-electron chi connectivity index (χ0n) is 8.92. The lowest BCUT2D eigenvalue weighted by atomic mass is 10.1. The smallest absolute Gasteiger partial charge is 0.229 e. The molecule has 82 valence electrons. The molecule has 0 aromatic heterocycles. The van der Waals surface area contributed by atoms with Gasteiger partial charge in [0.05, 0.1) is 0 Å². The van der Waals surface area contributed by atoms with Gasteiger partial charge in [-0.05, 0) is 30.4 Å². The molecule has 15 heavy (non-hydrogen) atoms. The van der Waals surface area contributed by atoms with E-state index >= 15 is 0 Å². The van der Waals surface area contributed by atoms with Gasteiger partial charge in [0.15, 0.2) is 0 Å². The third kappa shape index (κ3) is 4.47. The topological polar surface area (TPSA) is 29.1 Å². The highest BCUT2D eigenvalue weighted by atomic mass is 79.9. The fourth-order valence-electron chi connectivity index (χ4n) is 1.44. The van der Waals surface area contributed by atoms with Crippen molar-refractivity contribution in [2.75, 3.05) is 0 Å². The molecule has 0 fully saturated rings. The highest BCUT2D eigenvalue weighted by molar-refractivity contribution is 9.08. The van der Waals surface area contributed by atoms with Crippen LogP contribution in [0.5, 0.6) is 0 Å². The molecule has 0 radical (unpaired) electrons. The van der Waals surface area contributed by atoms with Crippen LogP contribution in [0.4, 0.5) is 0 Å². The lowest BCUT2D eigenvalue weighted by Crippen LogP contribution is -2.11. The fraction of sp³-hybridized carbons (Fsp3) is 0.417. The number of rotatable bonds is 5. The van der Waals surface area contributed by atoms with Crippen molar-refractivity contribution in [3.63, 3.8) is 0 Å². The predicted octanol–water partition coefficient (Wildman–Crippen LogP) is 3.00. The molecule has 0 heterocycles. The molecular formula is C12H16BrNO. The number of aryl methyl sites for hydroxylation is 2. The second-order valence-electron chi connectivity index (χ2n) is 3.54. The van der Waals surface area contributed by atoms with E-state index in [9.17, 15) is 4.79 Å². The number of halogens is 1. The molecule has 1 amide bonds. The minimum Gasteiger partial charge on any atom is -0.293 e. The molecule has 1 N–H and O–H groups in total. The van der Waals surface area contributed by atoms with Crippen molar-refractivity contribution in [1.29, 1.82) is 0 Å². The highest BCUT2D eigenvalue weighted by Crippen LogP contribution is 2.08.